The van der Waals surface area contributed by atoms with Crippen LogP contribution in [-0.2, 0) is 11.2 Å². The lowest BCUT2D eigenvalue weighted by molar-refractivity contribution is -0.134. The van der Waals surface area contributed by atoms with Gasteiger partial charge in [-0.2, -0.15) is 0 Å². The summed E-state index contributed by atoms with van der Waals surface area (Å²) in [5.41, 5.74) is 2.12. The number of para-hydroxylation sites is 1. The van der Waals surface area contributed by atoms with Crippen LogP contribution in [-0.4, -0.2) is 29.8 Å². The maximum Gasteiger partial charge on any atom is 0.253 e. The van der Waals surface area contributed by atoms with Crippen LogP contribution in [0.15, 0.2) is 48.5 Å². The second kappa shape index (κ2) is 5.10. The van der Waals surface area contributed by atoms with Crippen LogP contribution < -0.4 is 5.32 Å². The van der Waals surface area contributed by atoms with Crippen LogP contribution in [0.2, 0.25) is 5.02 Å². The Morgan fingerprint density at radius 1 is 1.09 bits per heavy atom. The van der Waals surface area contributed by atoms with E-state index >= 15 is 0 Å². The topological polar surface area (TPSA) is 49.4 Å². The number of hydrogen-bond acceptors (Lipinski definition) is 2. The average molecular weight is 327 g/mol. The van der Waals surface area contributed by atoms with Gasteiger partial charge in [-0.3, -0.25) is 9.59 Å². The third kappa shape index (κ3) is 2.30. The van der Waals surface area contributed by atoms with Gasteiger partial charge in [-0.15, -0.1) is 0 Å². The molecular formula is C18H15ClN2O2. The van der Waals surface area contributed by atoms with Crippen molar-refractivity contribution in [1.29, 1.82) is 0 Å². The highest BCUT2D eigenvalue weighted by molar-refractivity contribution is 6.30. The Morgan fingerprint density at radius 3 is 2.52 bits per heavy atom. The SMILES string of the molecule is O=C(c1ccc(Cl)cc1)N1CC2(Cc3ccccc3NC2=O)C1. The van der Waals surface area contributed by atoms with Crippen molar-refractivity contribution in [1.82, 2.24) is 4.90 Å². The Kier molecular flexibility index (Phi) is 3.16. The minimum absolute atomic E-state index is 0.0105. The first kappa shape index (κ1) is 14.3. The molecule has 0 aromatic heterocycles. The van der Waals surface area contributed by atoms with Crippen LogP contribution >= 0.6 is 11.6 Å². The van der Waals surface area contributed by atoms with E-state index in [1.165, 1.54) is 0 Å². The molecule has 1 N–H and O–H groups in total. The number of carbonyl (C=O) groups excluding carboxylic acids is 2. The molecular weight excluding hydrogens is 312 g/mol. The van der Waals surface area contributed by atoms with Gasteiger partial charge in [0.2, 0.25) is 5.91 Å². The maximum atomic E-state index is 12.5. The number of nitrogens with zero attached hydrogens (tertiary/aromatic N) is 1. The monoisotopic (exact) mass is 326 g/mol. The molecule has 0 atom stereocenters. The normalized spacial score (nSPS) is 18.1. The zero-order valence-electron chi connectivity index (χ0n) is 12.4. The molecule has 1 saturated heterocycles. The highest BCUT2D eigenvalue weighted by atomic mass is 35.5. The van der Waals surface area contributed by atoms with Gasteiger partial charge in [-0.05, 0) is 42.3 Å². The molecule has 1 spiro atoms. The molecule has 4 rings (SSSR count). The van der Waals surface area contributed by atoms with Crippen LogP contribution in [0, 0.1) is 5.41 Å². The van der Waals surface area contributed by atoms with Crippen molar-refractivity contribution >= 4 is 29.1 Å². The van der Waals surface area contributed by atoms with Gasteiger partial charge in [0.1, 0.15) is 0 Å². The van der Waals surface area contributed by atoms with Gasteiger partial charge in [-0.1, -0.05) is 29.8 Å². The maximum absolute atomic E-state index is 12.5. The van der Waals surface area contributed by atoms with Crippen molar-refractivity contribution in [2.45, 2.75) is 6.42 Å². The zero-order valence-corrected chi connectivity index (χ0v) is 13.1. The summed E-state index contributed by atoms with van der Waals surface area (Å²) in [4.78, 5) is 26.6. The predicted molar refractivity (Wildman–Crippen MR) is 88.6 cm³/mol. The number of rotatable bonds is 1. The molecule has 0 unspecified atom stereocenters. The minimum atomic E-state index is -0.490. The Morgan fingerprint density at radius 2 is 1.78 bits per heavy atom. The number of hydrogen-bond donors (Lipinski definition) is 1. The summed E-state index contributed by atoms with van der Waals surface area (Å²) < 4.78 is 0. The van der Waals surface area contributed by atoms with E-state index in [-0.39, 0.29) is 11.8 Å². The fraction of sp³-hybridized carbons (Fsp3) is 0.222. The number of likely N-dealkylation sites (tertiary alicyclic amines) is 1. The van der Waals surface area contributed by atoms with Crippen molar-refractivity contribution < 1.29 is 9.59 Å². The van der Waals surface area contributed by atoms with E-state index < -0.39 is 5.41 Å². The number of anilines is 1. The summed E-state index contributed by atoms with van der Waals surface area (Å²) in [7, 11) is 0. The van der Waals surface area contributed by atoms with E-state index in [2.05, 4.69) is 5.32 Å². The molecule has 1 fully saturated rings. The number of benzene rings is 2. The number of nitrogens with one attached hydrogen (secondary N) is 1. The molecule has 116 valence electrons. The van der Waals surface area contributed by atoms with Crippen LogP contribution in [0.25, 0.3) is 0 Å². The second-order valence-electron chi connectivity index (χ2n) is 6.24. The molecule has 2 amide bonds. The summed E-state index contributed by atoms with van der Waals surface area (Å²) in [6.45, 7) is 0.906. The van der Waals surface area contributed by atoms with E-state index in [4.69, 9.17) is 11.6 Å². The molecule has 0 radical (unpaired) electrons. The van der Waals surface area contributed by atoms with Gasteiger partial charge < -0.3 is 10.2 Å². The molecule has 5 heteroatoms. The molecule has 23 heavy (non-hydrogen) atoms. The minimum Gasteiger partial charge on any atom is -0.336 e. The highest BCUT2D eigenvalue weighted by Gasteiger charge is 2.52. The molecule has 2 aliphatic heterocycles. The Hall–Kier alpha value is -2.33. The lowest BCUT2D eigenvalue weighted by atomic mass is 9.71. The van der Waals surface area contributed by atoms with Gasteiger partial charge in [0.15, 0.2) is 0 Å². The second-order valence-corrected chi connectivity index (χ2v) is 6.67. The number of halogens is 1. The number of amides is 2. The van der Waals surface area contributed by atoms with Crippen molar-refractivity contribution in [2.75, 3.05) is 18.4 Å². The standard InChI is InChI=1S/C18H15ClN2O2/c19-14-7-5-12(6-8-14)16(22)21-10-18(11-21)9-13-3-1-2-4-15(13)20-17(18)23/h1-8H,9-11H2,(H,20,23). The van der Waals surface area contributed by atoms with Gasteiger partial charge in [-0.25, -0.2) is 0 Å². The van der Waals surface area contributed by atoms with Gasteiger partial charge in [0.05, 0.1) is 5.41 Å². The van der Waals surface area contributed by atoms with E-state index in [9.17, 15) is 9.59 Å². The number of fused-ring (bicyclic) bond motifs is 1. The van der Waals surface area contributed by atoms with Crippen molar-refractivity contribution in [3.05, 3.63) is 64.7 Å². The number of carbonyl (C=O) groups is 2. The summed E-state index contributed by atoms with van der Waals surface area (Å²) in [5, 5.41) is 3.57. The average Bonchev–Trinajstić information content (AvgIpc) is 2.52. The Labute approximate surface area is 139 Å². The quantitative estimate of drug-likeness (QED) is 0.876. The van der Waals surface area contributed by atoms with Gasteiger partial charge in [0, 0.05) is 29.4 Å². The highest BCUT2D eigenvalue weighted by Crippen LogP contribution is 2.41. The van der Waals surface area contributed by atoms with Crippen LogP contribution in [0.4, 0.5) is 5.69 Å². The predicted octanol–water partition coefficient (Wildman–Crippen LogP) is 2.98. The summed E-state index contributed by atoms with van der Waals surface area (Å²) in [5.74, 6) is -0.0460. The van der Waals surface area contributed by atoms with Crippen molar-refractivity contribution in [3.63, 3.8) is 0 Å². The molecule has 2 aliphatic rings. The summed E-state index contributed by atoms with van der Waals surface area (Å²) in [6, 6.07) is 14.7. The van der Waals surface area contributed by atoms with Crippen LogP contribution in [0.5, 0.6) is 0 Å². The molecule has 2 heterocycles. The van der Waals surface area contributed by atoms with E-state index in [1.54, 1.807) is 29.2 Å². The lowest BCUT2D eigenvalue weighted by Gasteiger charge is -2.50. The van der Waals surface area contributed by atoms with E-state index in [1.807, 2.05) is 24.3 Å². The first-order chi connectivity index (χ1) is 11.1. The van der Waals surface area contributed by atoms with Gasteiger partial charge in [0.25, 0.3) is 5.91 Å². The van der Waals surface area contributed by atoms with Gasteiger partial charge >= 0.3 is 0 Å². The smallest absolute Gasteiger partial charge is 0.253 e. The first-order valence-corrected chi connectivity index (χ1v) is 7.89. The van der Waals surface area contributed by atoms with Crippen molar-refractivity contribution in [3.8, 4) is 0 Å². The molecule has 4 nitrogen and oxygen atoms in total. The van der Waals surface area contributed by atoms with E-state index in [0.717, 1.165) is 11.3 Å². The summed E-state index contributed by atoms with van der Waals surface area (Å²) >= 11 is 5.85. The molecule has 0 saturated carbocycles. The Balaban J connectivity index is 1.51. The third-order valence-electron chi connectivity index (χ3n) is 4.64. The molecule has 2 aromatic rings. The molecule has 2 aromatic carbocycles. The fourth-order valence-corrected chi connectivity index (χ4v) is 3.48. The third-order valence-corrected chi connectivity index (χ3v) is 4.89. The lowest BCUT2D eigenvalue weighted by Crippen LogP contribution is -2.65. The largest absolute Gasteiger partial charge is 0.336 e. The first-order valence-electron chi connectivity index (χ1n) is 7.52. The zero-order chi connectivity index (χ0) is 16.0. The van der Waals surface area contributed by atoms with Crippen LogP contribution in [0.3, 0.4) is 0 Å². The Bertz CT molecular complexity index is 795. The summed E-state index contributed by atoms with van der Waals surface area (Å²) in [6.07, 6.45) is 0.680. The molecule has 0 aliphatic carbocycles. The van der Waals surface area contributed by atoms with E-state index in [0.29, 0.717) is 30.1 Å². The fourth-order valence-electron chi connectivity index (χ4n) is 3.35. The van der Waals surface area contributed by atoms with Crippen molar-refractivity contribution in [2.24, 2.45) is 5.41 Å². The molecule has 0 bridgehead atoms. The van der Waals surface area contributed by atoms with Crippen LogP contribution in [0.1, 0.15) is 15.9 Å².